The lowest BCUT2D eigenvalue weighted by atomic mass is 10.2. The van der Waals surface area contributed by atoms with Crippen LogP contribution in [0, 0.1) is 18.3 Å². The van der Waals surface area contributed by atoms with E-state index in [4.69, 9.17) is 11.0 Å². The Bertz CT molecular complexity index is 552. The molecule has 0 bridgehead atoms. The molecule has 1 aromatic rings. The van der Waals surface area contributed by atoms with Gasteiger partial charge in [0.2, 0.25) is 10.0 Å². The summed E-state index contributed by atoms with van der Waals surface area (Å²) in [6.07, 6.45) is 0. The number of benzene rings is 1. The third-order valence-electron chi connectivity index (χ3n) is 2.32. The number of hydrogen-bond acceptors (Lipinski definition) is 4. The van der Waals surface area contributed by atoms with Crippen molar-refractivity contribution < 1.29 is 8.42 Å². The largest absolute Gasteiger partial charge is 0.329 e. The summed E-state index contributed by atoms with van der Waals surface area (Å²) in [6, 6.07) is 6.13. The van der Waals surface area contributed by atoms with Gasteiger partial charge in [0.15, 0.2) is 0 Å². The molecule has 100 valence electrons. The number of hydrogen-bond donors (Lipinski definition) is 2. The van der Waals surface area contributed by atoms with Crippen LogP contribution in [0.1, 0.15) is 18.1 Å². The molecule has 7 heteroatoms. The van der Waals surface area contributed by atoms with Gasteiger partial charge in [0, 0.05) is 12.6 Å². The summed E-state index contributed by atoms with van der Waals surface area (Å²) in [4.78, 5) is 0.122. The van der Waals surface area contributed by atoms with E-state index in [0.717, 1.165) is 0 Å². The highest BCUT2D eigenvalue weighted by Crippen LogP contribution is 2.16. The van der Waals surface area contributed by atoms with Crippen LogP contribution >= 0.6 is 12.4 Å². The van der Waals surface area contributed by atoms with Gasteiger partial charge in [0.1, 0.15) is 0 Å². The number of nitrogens with two attached hydrogens (primary N) is 1. The fourth-order valence-electron chi connectivity index (χ4n) is 1.34. The molecule has 18 heavy (non-hydrogen) atoms. The topological polar surface area (TPSA) is 96.0 Å². The van der Waals surface area contributed by atoms with Crippen LogP contribution in [0.25, 0.3) is 0 Å². The summed E-state index contributed by atoms with van der Waals surface area (Å²) in [6.45, 7) is 3.58. The lowest BCUT2D eigenvalue weighted by Crippen LogP contribution is -2.38. The Kier molecular flexibility index (Phi) is 6.29. The van der Waals surface area contributed by atoms with Gasteiger partial charge in [-0.3, -0.25) is 0 Å². The number of sulfonamides is 1. The number of nitriles is 1. The molecule has 0 fully saturated rings. The van der Waals surface area contributed by atoms with E-state index in [1.807, 2.05) is 6.07 Å². The SMILES string of the molecule is Cc1ccc(C#N)cc1S(=O)(=O)N[C@H](C)CN.Cl. The fraction of sp³-hybridized carbons (Fsp3) is 0.364. The van der Waals surface area contributed by atoms with E-state index in [1.165, 1.54) is 6.07 Å². The van der Waals surface area contributed by atoms with Gasteiger partial charge < -0.3 is 5.73 Å². The van der Waals surface area contributed by atoms with Crippen molar-refractivity contribution in [3.05, 3.63) is 29.3 Å². The molecule has 0 spiro atoms. The number of nitrogens with zero attached hydrogens (tertiary/aromatic N) is 1. The van der Waals surface area contributed by atoms with E-state index in [-0.39, 0.29) is 29.9 Å². The molecule has 0 amide bonds. The number of halogens is 1. The van der Waals surface area contributed by atoms with Crippen molar-refractivity contribution in [2.75, 3.05) is 6.54 Å². The molecule has 0 saturated heterocycles. The van der Waals surface area contributed by atoms with E-state index in [2.05, 4.69) is 4.72 Å². The van der Waals surface area contributed by atoms with E-state index in [9.17, 15) is 8.42 Å². The Morgan fingerprint density at radius 1 is 1.50 bits per heavy atom. The van der Waals surface area contributed by atoms with Crippen molar-refractivity contribution in [3.8, 4) is 6.07 Å². The van der Waals surface area contributed by atoms with Crippen LogP contribution in [0.2, 0.25) is 0 Å². The molecule has 0 saturated carbocycles. The second-order valence-corrected chi connectivity index (χ2v) is 5.53. The van der Waals surface area contributed by atoms with E-state index >= 15 is 0 Å². The van der Waals surface area contributed by atoms with Crippen LogP contribution in [-0.4, -0.2) is 21.0 Å². The van der Waals surface area contributed by atoms with Crippen molar-refractivity contribution in [1.29, 1.82) is 5.26 Å². The summed E-state index contributed by atoms with van der Waals surface area (Å²) < 4.78 is 26.5. The van der Waals surface area contributed by atoms with Gasteiger partial charge in [-0.2, -0.15) is 5.26 Å². The maximum atomic E-state index is 12.0. The standard InChI is InChI=1S/C11H15N3O2S.ClH/c1-8-3-4-10(7-13)5-11(8)17(15,16)14-9(2)6-12;/h3-5,9,14H,6,12H2,1-2H3;1H/t9-;/m1./s1. The van der Waals surface area contributed by atoms with Crippen molar-refractivity contribution in [1.82, 2.24) is 4.72 Å². The van der Waals surface area contributed by atoms with Crippen LogP contribution in [-0.2, 0) is 10.0 Å². The van der Waals surface area contributed by atoms with Gasteiger partial charge in [-0.15, -0.1) is 12.4 Å². The number of nitrogens with one attached hydrogen (secondary N) is 1. The van der Waals surface area contributed by atoms with Crippen LogP contribution < -0.4 is 10.5 Å². The quantitative estimate of drug-likeness (QED) is 0.861. The summed E-state index contributed by atoms with van der Waals surface area (Å²) in [7, 11) is -3.62. The zero-order valence-electron chi connectivity index (χ0n) is 10.2. The van der Waals surface area contributed by atoms with Crippen molar-refractivity contribution >= 4 is 22.4 Å². The molecule has 0 radical (unpaired) electrons. The first-order chi connectivity index (χ1) is 7.90. The van der Waals surface area contributed by atoms with E-state index < -0.39 is 10.0 Å². The van der Waals surface area contributed by atoms with Gasteiger partial charge in [0.25, 0.3) is 0 Å². The van der Waals surface area contributed by atoms with Crippen LogP contribution in [0.5, 0.6) is 0 Å². The van der Waals surface area contributed by atoms with Gasteiger partial charge >= 0.3 is 0 Å². The highest BCUT2D eigenvalue weighted by Gasteiger charge is 2.19. The molecule has 1 atom stereocenters. The monoisotopic (exact) mass is 289 g/mol. The molecule has 1 rings (SSSR count). The molecule has 0 aliphatic heterocycles. The number of aryl methyl sites for hydroxylation is 1. The second-order valence-electron chi connectivity index (χ2n) is 3.85. The Hall–Kier alpha value is -1.13. The van der Waals surface area contributed by atoms with Crippen LogP contribution in [0.4, 0.5) is 0 Å². The number of rotatable bonds is 4. The highest BCUT2D eigenvalue weighted by molar-refractivity contribution is 7.89. The first kappa shape index (κ1) is 16.9. The summed E-state index contributed by atoms with van der Waals surface area (Å²) in [5, 5.41) is 8.76. The predicted octanol–water partition coefficient (Wildman–Crippen LogP) is 0.914. The molecular formula is C11H16ClN3O2S. The Labute approximate surface area is 113 Å². The average Bonchev–Trinajstić information content (AvgIpc) is 2.28. The lowest BCUT2D eigenvalue weighted by molar-refractivity contribution is 0.562. The van der Waals surface area contributed by atoms with Crippen LogP contribution in [0.15, 0.2) is 23.1 Å². The van der Waals surface area contributed by atoms with Crippen molar-refractivity contribution in [2.45, 2.75) is 24.8 Å². The molecule has 3 N–H and O–H groups in total. The Balaban J connectivity index is 0.00000289. The molecule has 1 aromatic carbocycles. The summed E-state index contributed by atoms with van der Waals surface area (Å²) in [5.41, 5.74) is 6.29. The molecule has 0 aromatic heterocycles. The predicted molar refractivity (Wildman–Crippen MR) is 72.0 cm³/mol. The average molecular weight is 290 g/mol. The molecule has 0 heterocycles. The van der Waals surface area contributed by atoms with E-state index in [1.54, 1.807) is 26.0 Å². The minimum atomic E-state index is -3.62. The Morgan fingerprint density at radius 2 is 2.11 bits per heavy atom. The summed E-state index contributed by atoms with van der Waals surface area (Å²) in [5.74, 6) is 0. The third kappa shape index (κ3) is 3.96. The lowest BCUT2D eigenvalue weighted by Gasteiger charge is -2.13. The molecular weight excluding hydrogens is 274 g/mol. The van der Waals surface area contributed by atoms with Gasteiger partial charge in [-0.25, -0.2) is 13.1 Å². The second kappa shape index (κ2) is 6.71. The zero-order chi connectivity index (χ0) is 13.1. The first-order valence-electron chi connectivity index (χ1n) is 5.14. The van der Waals surface area contributed by atoms with Gasteiger partial charge in [0.05, 0.1) is 16.5 Å². The minimum Gasteiger partial charge on any atom is -0.329 e. The minimum absolute atomic E-state index is 0. The smallest absolute Gasteiger partial charge is 0.241 e. The first-order valence-corrected chi connectivity index (χ1v) is 6.62. The Morgan fingerprint density at radius 3 is 2.61 bits per heavy atom. The van der Waals surface area contributed by atoms with E-state index in [0.29, 0.717) is 11.1 Å². The van der Waals surface area contributed by atoms with Crippen molar-refractivity contribution in [3.63, 3.8) is 0 Å². The molecule has 0 aliphatic carbocycles. The van der Waals surface area contributed by atoms with Gasteiger partial charge in [-0.05, 0) is 31.5 Å². The van der Waals surface area contributed by atoms with Gasteiger partial charge in [-0.1, -0.05) is 6.07 Å². The van der Waals surface area contributed by atoms with Crippen molar-refractivity contribution in [2.24, 2.45) is 5.73 Å². The zero-order valence-corrected chi connectivity index (χ0v) is 11.8. The fourth-order valence-corrected chi connectivity index (χ4v) is 2.86. The maximum Gasteiger partial charge on any atom is 0.241 e. The highest BCUT2D eigenvalue weighted by atomic mass is 35.5. The summed E-state index contributed by atoms with van der Waals surface area (Å²) >= 11 is 0. The van der Waals surface area contributed by atoms with Crippen LogP contribution in [0.3, 0.4) is 0 Å². The molecule has 0 aliphatic rings. The normalized spacial score (nSPS) is 12.3. The molecule has 5 nitrogen and oxygen atoms in total. The molecule has 0 unspecified atom stereocenters. The third-order valence-corrected chi connectivity index (χ3v) is 4.05. The maximum absolute atomic E-state index is 12.0.